The first kappa shape index (κ1) is 26.6. The molecule has 0 unspecified atom stereocenters. The van der Waals surface area contributed by atoms with Crippen LogP contribution in [-0.4, -0.2) is 11.5 Å². The highest BCUT2D eigenvalue weighted by Crippen LogP contribution is 2.24. The Hall–Kier alpha value is 1.66. The summed E-state index contributed by atoms with van der Waals surface area (Å²) < 4.78 is 0. The standard InChI is InChI=1S/C16H34S2.2BrH/c1-3-5-7-9-11-13-15-17-18-16-14-12-10-8-6-4-2;;/h3-16H2,1-2H3;2*1H. The van der Waals surface area contributed by atoms with Gasteiger partial charge in [-0.05, 0) is 12.8 Å². The molecule has 0 atom stereocenters. The van der Waals surface area contributed by atoms with Gasteiger partial charge in [0.05, 0.1) is 0 Å². The van der Waals surface area contributed by atoms with Crippen molar-refractivity contribution in [2.24, 2.45) is 0 Å². The molecule has 0 aromatic heterocycles. The third kappa shape index (κ3) is 24.7. The molecule has 126 valence electrons. The lowest BCUT2D eigenvalue weighted by atomic mass is 10.1. The molecule has 0 nitrogen and oxygen atoms in total. The average Bonchev–Trinajstić information content (AvgIpc) is 2.39. The Balaban J connectivity index is -0.00000144. The molecule has 0 bridgehead atoms. The van der Waals surface area contributed by atoms with E-state index in [2.05, 4.69) is 35.4 Å². The molecule has 0 aromatic rings. The second-order valence-corrected chi connectivity index (χ2v) is 7.88. The van der Waals surface area contributed by atoms with Gasteiger partial charge in [0.25, 0.3) is 0 Å². The molecule has 0 heterocycles. The van der Waals surface area contributed by atoms with Crippen LogP contribution in [0.15, 0.2) is 0 Å². The second kappa shape index (κ2) is 25.6. The van der Waals surface area contributed by atoms with Gasteiger partial charge in [-0.25, -0.2) is 0 Å². The van der Waals surface area contributed by atoms with Crippen LogP contribution in [0.4, 0.5) is 0 Å². The van der Waals surface area contributed by atoms with Crippen LogP contribution < -0.4 is 0 Å². The van der Waals surface area contributed by atoms with Crippen molar-refractivity contribution in [3.8, 4) is 0 Å². The summed E-state index contributed by atoms with van der Waals surface area (Å²) in [5, 5.41) is 0. The molecule has 0 amide bonds. The summed E-state index contributed by atoms with van der Waals surface area (Å²) in [4.78, 5) is 0. The third-order valence-electron chi connectivity index (χ3n) is 3.25. The van der Waals surface area contributed by atoms with Gasteiger partial charge in [0.1, 0.15) is 0 Å². The van der Waals surface area contributed by atoms with Crippen LogP contribution in [0.5, 0.6) is 0 Å². The zero-order valence-electron chi connectivity index (χ0n) is 13.5. The van der Waals surface area contributed by atoms with Crippen molar-refractivity contribution in [2.75, 3.05) is 11.5 Å². The second-order valence-electron chi connectivity index (χ2n) is 5.18. The van der Waals surface area contributed by atoms with Gasteiger partial charge in [-0.3, -0.25) is 0 Å². The van der Waals surface area contributed by atoms with Gasteiger partial charge in [0.15, 0.2) is 0 Å². The number of hydrogen-bond acceptors (Lipinski definition) is 2. The smallest absolute Gasteiger partial charge is 0.00369 e. The van der Waals surface area contributed by atoms with Gasteiger partial charge in [-0.1, -0.05) is 99.6 Å². The lowest BCUT2D eigenvalue weighted by molar-refractivity contribution is 0.627. The summed E-state index contributed by atoms with van der Waals surface area (Å²) in [5.41, 5.74) is 0. The first-order valence-corrected chi connectivity index (χ1v) is 10.6. The van der Waals surface area contributed by atoms with Crippen molar-refractivity contribution in [1.82, 2.24) is 0 Å². The average molecular weight is 452 g/mol. The predicted molar refractivity (Wildman–Crippen MR) is 112 cm³/mol. The Labute approximate surface area is 157 Å². The first-order valence-electron chi connectivity index (χ1n) is 8.16. The number of hydrogen-bond donors (Lipinski definition) is 0. The third-order valence-corrected chi connectivity index (χ3v) is 5.82. The molecule has 0 saturated carbocycles. The number of unbranched alkanes of at least 4 members (excludes halogenated alkanes) is 10. The lowest BCUT2D eigenvalue weighted by Gasteiger charge is -2.02. The molecule has 0 aliphatic carbocycles. The fraction of sp³-hybridized carbons (Fsp3) is 1.00. The molecule has 0 aliphatic rings. The molecule has 20 heavy (non-hydrogen) atoms. The van der Waals surface area contributed by atoms with Crippen LogP contribution in [0.25, 0.3) is 0 Å². The fourth-order valence-corrected chi connectivity index (χ4v) is 4.29. The minimum atomic E-state index is 0. The number of rotatable bonds is 15. The SMILES string of the molecule is Br.Br.CCCCCCCCSSCCCCCCCC. The van der Waals surface area contributed by atoms with E-state index in [9.17, 15) is 0 Å². The fourth-order valence-electron chi connectivity index (χ4n) is 2.00. The monoisotopic (exact) mass is 450 g/mol. The summed E-state index contributed by atoms with van der Waals surface area (Å²) in [5.74, 6) is 2.74. The van der Waals surface area contributed by atoms with Gasteiger partial charge in [0, 0.05) is 11.5 Å². The Morgan fingerprint density at radius 1 is 0.450 bits per heavy atom. The van der Waals surface area contributed by atoms with E-state index >= 15 is 0 Å². The van der Waals surface area contributed by atoms with Gasteiger partial charge >= 0.3 is 0 Å². The molecule has 0 N–H and O–H groups in total. The Morgan fingerprint density at radius 2 is 0.750 bits per heavy atom. The zero-order chi connectivity index (χ0) is 13.3. The van der Waals surface area contributed by atoms with Crippen LogP contribution in [0.3, 0.4) is 0 Å². The Bertz CT molecular complexity index is 130. The maximum atomic E-state index is 2.29. The van der Waals surface area contributed by atoms with Crippen molar-refractivity contribution in [3.05, 3.63) is 0 Å². The van der Waals surface area contributed by atoms with Crippen molar-refractivity contribution >= 4 is 55.6 Å². The van der Waals surface area contributed by atoms with E-state index in [0.29, 0.717) is 0 Å². The molecule has 0 saturated heterocycles. The quantitative estimate of drug-likeness (QED) is 0.181. The minimum absolute atomic E-state index is 0. The largest absolute Gasteiger partial charge is 0.114 e. The van der Waals surface area contributed by atoms with Crippen LogP contribution in [0, 0.1) is 0 Å². The van der Waals surface area contributed by atoms with Gasteiger partial charge in [0.2, 0.25) is 0 Å². The molecule has 0 radical (unpaired) electrons. The maximum absolute atomic E-state index is 2.29. The molecule has 4 heteroatoms. The van der Waals surface area contributed by atoms with Crippen LogP contribution in [-0.2, 0) is 0 Å². The minimum Gasteiger partial charge on any atom is -0.114 e. The van der Waals surface area contributed by atoms with E-state index in [-0.39, 0.29) is 34.0 Å². The van der Waals surface area contributed by atoms with E-state index in [1.807, 2.05) is 0 Å². The zero-order valence-corrected chi connectivity index (χ0v) is 18.6. The normalized spacial score (nSPS) is 9.90. The number of halogens is 2. The van der Waals surface area contributed by atoms with Crippen molar-refractivity contribution < 1.29 is 0 Å². The summed E-state index contributed by atoms with van der Waals surface area (Å²) in [6, 6.07) is 0. The van der Waals surface area contributed by atoms with E-state index in [1.165, 1.54) is 88.6 Å². The van der Waals surface area contributed by atoms with Crippen LogP contribution in [0.1, 0.15) is 90.9 Å². The Kier molecular flexibility index (Phi) is 34.0. The Morgan fingerprint density at radius 3 is 1.10 bits per heavy atom. The molecule has 0 fully saturated rings. The molecule has 0 spiro atoms. The maximum Gasteiger partial charge on any atom is 0.00369 e. The van der Waals surface area contributed by atoms with E-state index in [1.54, 1.807) is 0 Å². The molecular formula is C16H36Br2S2. The van der Waals surface area contributed by atoms with Crippen LogP contribution in [0.2, 0.25) is 0 Å². The van der Waals surface area contributed by atoms with E-state index < -0.39 is 0 Å². The van der Waals surface area contributed by atoms with Crippen molar-refractivity contribution in [1.29, 1.82) is 0 Å². The highest BCUT2D eigenvalue weighted by atomic mass is 79.9. The summed E-state index contributed by atoms with van der Waals surface area (Å²) in [7, 11) is 4.20. The van der Waals surface area contributed by atoms with E-state index in [0.717, 1.165) is 0 Å². The van der Waals surface area contributed by atoms with Crippen molar-refractivity contribution in [3.63, 3.8) is 0 Å². The molecule has 0 rings (SSSR count). The topological polar surface area (TPSA) is 0 Å². The summed E-state index contributed by atoms with van der Waals surface area (Å²) >= 11 is 0. The predicted octanol–water partition coefficient (Wildman–Crippen LogP) is 8.24. The van der Waals surface area contributed by atoms with Crippen LogP contribution >= 0.6 is 55.6 Å². The van der Waals surface area contributed by atoms with Crippen molar-refractivity contribution in [2.45, 2.75) is 90.9 Å². The van der Waals surface area contributed by atoms with Gasteiger partial charge < -0.3 is 0 Å². The first-order chi connectivity index (χ1) is 8.91. The highest BCUT2D eigenvalue weighted by molar-refractivity contribution is 8.93. The lowest BCUT2D eigenvalue weighted by Crippen LogP contribution is -1.83. The van der Waals surface area contributed by atoms with Gasteiger partial charge in [-0.15, -0.1) is 34.0 Å². The molecule has 0 aliphatic heterocycles. The highest BCUT2D eigenvalue weighted by Gasteiger charge is 1.94. The summed E-state index contributed by atoms with van der Waals surface area (Å²) in [6.07, 6.45) is 17.2. The molecular weight excluding hydrogens is 416 g/mol. The van der Waals surface area contributed by atoms with E-state index in [4.69, 9.17) is 0 Å². The molecule has 0 aromatic carbocycles. The summed E-state index contributed by atoms with van der Waals surface area (Å²) in [6.45, 7) is 4.57. The van der Waals surface area contributed by atoms with Gasteiger partial charge in [-0.2, -0.15) is 0 Å².